The average molecular weight is 449 g/mol. The topological polar surface area (TPSA) is 81.1 Å². The largest absolute Gasteiger partial charge is 0.573 e. The minimum Gasteiger partial charge on any atom is -0.406 e. The van der Waals surface area contributed by atoms with Crippen LogP contribution in [0.3, 0.4) is 0 Å². The van der Waals surface area contributed by atoms with Crippen molar-refractivity contribution in [3.8, 4) is 5.75 Å². The maximum absolute atomic E-state index is 12.5. The molecule has 0 saturated heterocycles. The number of ether oxygens (including phenoxy) is 1. The highest BCUT2D eigenvalue weighted by Crippen LogP contribution is 2.33. The normalized spacial score (nSPS) is 11.8. The van der Waals surface area contributed by atoms with Gasteiger partial charge in [0.25, 0.3) is 5.91 Å². The van der Waals surface area contributed by atoms with Crippen molar-refractivity contribution < 1.29 is 22.7 Å². The van der Waals surface area contributed by atoms with E-state index in [9.17, 15) is 18.0 Å². The van der Waals surface area contributed by atoms with Crippen LogP contribution in [-0.4, -0.2) is 33.3 Å². The summed E-state index contributed by atoms with van der Waals surface area (Å²) >= 11 is 1.19. The maximum atomic E-state index is 12.5. The highest BCUT2D eigenvalue weighted by Gasteiger charge is 2.31. The Labute approximate surface area is 178 Å². The number of aryl methyl sites for hydroxylation is 1. The molecular weight excluding hydrogens is 431 g/mol. The van der Waals surface area contributed by atoms with E-state index in [4.69, 9.17) is 0 Å². The van der Waals surface area contributed by atoms with Crippen molar-refractivity contribution in [2.75, 3.05) is 11.9 Å². The monoisotopic (exact) mass is 449 g/mol. The summed E-state index contributed by atoms with van der Waals surface area (Å²) in [5.41, 5.74) is 2.55. The van der Waals surface area contributed by atoms with Crippen molar-refractivity contribution in [3.63, 3.8) is 0 Å². The molecule has 0 spiro atoms. The van der Waals surface area contributed by atoms with E-state index < -0.39 is 6.36 Å². The highest BCUT2D eigenvalue weighted by atomic mass is 32.1. The summed E-state index contributed by atoms with van der Waals surface area (Å²) in [6.07, 6.45) is -4.75. The molecule has 7 nitrogen and oxygen atoms in total. The number of hydrogen-bond donors (Lipinski definition) is 2. The lowest BCUT2D eigenvalue weighted by Gasteiger charge is -2.07. The molecule has 162 valence electrons. The first-order valence-electron chi connectivity index (χ1n) is 9.49. The van der Waals surface area contributed by atoms with Gasteiger partial charge in [0.15, 0.2) is 5.13 Å². The molecule has 0 aliphatic heterocycles. The van der Waals surface area contributed by atoms with E-state index >= 15 is 0 Å². The number of aromatic nitrogens is 3. The van der Waals surface area contributed by atoms with E-state index in [-0.39, 0.29) is 11.7 Å². The van der Waals surface area contributed by atoms with Crippen LogP contribution in [-0.2, 0) is 6.54 Å². The Kier molecular flexibility index (Phi) is 5.44. The number of nitrogens with zero attached hydrogens (tertiary/aromatic N) is 3. The molecule has 2 aromatic carbocycles. The average Bonchev–Trinajstić information content (AvgIpc) is 3.25. The molecule has 2 N–H and O–H groups in total. The van der Waals surface area contributed by atoms with E-state index in [0.29, 0.717) is 45.5 Å². The number of benzene rings is 2. The van der Waals surface area contributed by atoms with Crippen LogP contribution in [0.1, 0.15) is 24.2 Å². The van der Waals surface area contributed by atoms with Gasteiger partial charge in [-0.3, -0.25) is 4.79 Å². The summed E-state index contributed by atoms with van der Waals surface area (Å²) in [5, 5.41) is 6.38. The van der Waals surface area contributed by atoms with Gasteiger partial charge in [-0.05, 0) is 44.2 Å². The quantitative estimate of drug-likeness (QED) is 0.430. The van der Waals surface area contributed by atoms with Gasteiger partial charge in [0.2, 0.25) is 5.95 Å². The number of rotatable bonds is 6. The molecule has 1 amide bonds. The molecule has 0 atom stereocenters. The fraction of sp³-hybridized carbons (Fsp3) is 0.250. The van der Waals surface area contributed by atoms with E-state index in [1.807, 2.05) is 24.5 Å². The lowest BCUT2D eigenvalue weighted by molar-refractivity contribution is -0.274. The van der Waals surface area contributed by atoms with Gasteiger partial charge in [-0.25, -0.2) is 9.97 Å². The summed E-state index contributed by atoms with van der Waals surface area (Å²) in [7, 11) is 0. The number of halogens is 3. The first kappa shape index (κ1) is 20.9. The van der Waals surface area contributed by atoms with Gasteiger partial charge in [-0.15, -0.1) is 13.2 Å². The van der Waals surface area contributed by atoms with E-state index in [2.05, 4.69) is 25.3 Å². The Morgan fingerprint density at radius 1 is 1.13 bits per heavy atom. The fourth-order valence-corrected chi connectivity index (χ4v) is 4.09. The number of carbonyl (C=O) groups excluding carboxylic acids is 1. The molecule has 0 aliphatic carbocycles. The zero-order valence-electron chi connectivity index (χ0n) is 16.6. The second kappa shape index (κ2) is 8.06. The van der Waals surface area contributed by atoms with Crippen LogP contribution in [0.5, 0.6) is 5.75 Å². The molecule has 0 bridgehead atoms. The van der Waals surface area contributed by atoms with Crippen LogP contribution in [0.4, 0.5) is 24.3 Å². The number of thiazole rings is 1. The van der Waals surface area contributed by atoms with Crippen molar-refractivity contribution in [1.29, 1.82) is 0 Å². The summed E-state index contributed by atoms with van der Waals surface area (Å²) in [4.78, 5) is 21.1. The Hall–Kier alpha value is -3.34. The van der Waals surface area contributed by atoms with Crippen LogP contribution in [0.2, 0.25) is 0 Å². The molecule has 4 rings (SSSR count). The van der Waals surface area contributed by atoms with E-state index in [1.165, 1.54) is 29.5 Å². The van der Waals surface area contributed by atoms with Crippen molar-refractivity contribution >= 4 is 49.6 Å². The Morgan fingerprint density at radius 3 is 2.65 bits per heavy atom. The standard InChI is InChI=1S/C20H18F3N5O2S/c1-3-24-17(29)11-5-8-15-14(9-11)25-18(28(15)4-2)27-19-26-13-7-6-12(10-16(13)31-19)30-20(21,22)23/h5-10H,3-4H2,1-2H3,(H,24,29)(H,25,26,27). The zero-order valence-corrected chi connectivity index (χ0v) is 17.4. The summed E-state index contributed by atoms with van der Waals surface area (Å²) in [6, 6.07) is 9.29. The Morgan fingerprint density at radius 2 is 1.94 bits per heavy atom. The van der Waals surface area contributed by atoms with Gasteiger partial charge in [-0.1, -0.05) is 11.3 Å². The van der Waals surface area contributed by atoms with Gasteiger partial charge in [0.1, 0.15) is 5.75 Å². The predicted octanol–water partition coefficient (Wildman–Crippen LogP) is 5.06. The summed E-state index contributed by atoms with van der Waals surface area (Å²) < 4.78 is 43.8. The minimum absolute atomic E-state index is 0.173. The van der Waals surface area contributed by atoms with Gasteiger partial charge in [-0.2, -0.15) is 0 Å². The molecule has 0 aliphatic rings. The number of carbonyl (C=O) groups is 1. The second-order valence-corrected chi connectivity index (χ2v) is 7.59. The van der Waals surface area contributed by atoms with Crippen molar-refractivity contribution in [2.45, 2.75) is 26.8 Å². The van der Waals surface area contributed by atoms with Gasteiger partial charge in [0.05, 0.1) is 21.3 Å². The first-order chi connectivity index (χ1) is 14.8. The number of nitrogens with one attached hydrogen (secondary N) is 2. The zero-order chi connectivity index (χ0) is 22.2. The molecule has 2 aromatic heterocycles. The summed E-state index contributed by atoms with van der Waals surface area (Å²) in [6.45, 7) is 4.96. The number of hydrogen-bond acceptors (Lipinski definition) is 6. The number of anilines is 2. The number of amides is 1. The smallest absolute Gasteiger partial charge is 0.406 e. The SMILES string of the molecule is CCNC(=O)c1ccc2c(c1)nc(Nc1nc3ccc(OC(F)(F)F)cc3s1)n2CC. The first-order valence-corrected chi connectivity index (χ1v) is 10.3. The molecule has 11 heteroatoms. The second-order valence-electron chi connectivity index (χ2n) is 6.56. The van der Waals surface area contributed by atoms with Gasteiger partial charge < -0.3 is 19.9 Å². The number of alkyl halides is 3. The minimum atomic E-state index is -4.75. The summed E-state index contributed by atoms with van der Waals surface area (Å²) in [5.74, 6) is 0.0539. The van der Waals surface area contributed by atoms with E-state index in [1.54, 1.807) is 12.1 Å². The van der Waals surface area contributed by atoms with Crippen LogP contribution < -0.4 is 15.4 Å². The molecule has 4 aromatic rings. The lowest BCUT2D eigenvalue weighted by atomic mass is 10.2. The van der Waals surface area contributed by atoms with Crippen LogP contribution >= 0.6 is 11.3 Å². The van der Waals surface area contributed by atoms with Gasteiger partial charge in [0, 0.05) is 24.7 Å². The predicted molar refractivity (Wildman–Crippen MR) is 113 cm³/mol. The molecular formula is C20H18F3N5O2S. The van der Waals surface area contributed by atoms with Gasteiger partial charge >= 0.3 is 6.36 Å². The maximum Gasteiger partial charge on any atom is 0.573 e. The number of fused-ring (bicyclic) bond motifs is 2. The molecule has 0 saturated carbocycles. The molecule has 0 fully saturated rings. The Bertz CT molecular complexity index is 1270. The highest BCUT2D eigenvalue weighted by molar-refractivity contribution is 7.22. The van der Waals surface area contributed by atoms with E-state index in [0.717, 1.165) is 5.52 Å². The van der Waals surface area contributed by atoms with Crippen molar-refractivity contribution in [1.82, 2.24) is 19.9 Å². The Balaban J connectivity index is 1.65. The van der Waals surface area contributed by atoms with Crippen LogP contribution in [0, 0.1) is 0 Å². The third-order valence-corrected chi connectivity index (χ3v) is 5.41. The third kappa shape index (κ3) is 4.41. The van der Waals surface area contributed by atoms with Crippen molar-refractivity contribution in [3.05, 3.63) is 42.0 Å². The molecule has 2 heterocycles. The fourth-order valence-electron chi connectivity index (χ4n) is 3.20. The van der Waals surface area contributed by atoms with Crippen LogP contribution in [0.15, 0.2) is 36.4 Å². The van der Waals surface area contributed by atoms with Crippen LogP contribution in [0.25, 0.3) is 21.3 Å². The van der Waals surface area contributed by atoms with Crippen molar-refractivity contribution in [2.24, 2.45) is 0 Å². The molecule has 31 heavy (non-hydrogen) atoms. The number of imidazole rings is 1. The molecule has 0 radical (unpaired) electrons. The lowest BCUT2D eigenvalue weighted by Crippen LogP contribution is -2.22. The molecule has 0 unspecified atom stereocenters. The third-order valence-electron chi connectivity index (χ3n) is 4.48.